The van der Waals surface area contributed by atoms with E-state index in [1.807, 2.05) is 32.3 Å². The molecule has 172 valence electrons. The maximum Gasteiger partial charge on any atom is 0.163 e. The molecule has 0 aromatic carbocycles. The van der Waals surface area contributed by atoms with Crippen molar-refractivity contribution in [3.8, 4) is 0 Å². The van der Waals surface area contributed by atoms with Crippen molar-refractivity contribution >= 4 is 21.4 Å². The van der Waals surface area contributed by atoms with Crippen LogP contribution >= 0.6 is 11.6 Å². The zero-order valence-electron chi connectivity index (χ0n) is 18.7. The van der Waals surface area contributed by atoms with Gasteiger partial charge in [-0.05, 0) is 47.5 Å². The molecule has 0 bridgehead atoms. The number of sulfone groups is 1. The largest absolute Gasteiger partial charge is 0.372 e. The molecule has 1 fully saturated rings. The molecule has 3 atom stereocenters. The van der Waals surface area contributed by atoms with Gasteiger partial charge in [0.1, 0.15) is 23.8 Å². The molecule has 31 heavy (non-hydrogen) atoms. The fraction of sp³-hybridized carbons (Fsp3) is 0.700. The van der Waals surface area contributed by atoms with Gasteiger partial charge < -0.3 is 14.0 Å². The van der Waals surface area contributed by atoms with Crippen LogP contribution in [0.1, 0.15) is 83.2 Å². The first-order chi connectivity index (χ1) is 14.4. The van der Waals surface area contributed by atoms with E-state index >= 15 is 0 Å². The second kappa shape index (κ2) is 9.09. The average molecular weight is 472 g/mol. The van der Waals surface area contributed by atoms with Gasteiger partial charge in [-0.25, -0.2) is 18.4 Å². The van der Waals surface area contributed by atoms with Crippen LogP contribution in [0.2, 0.25) is 5.02 Å². The zero-order chi connectivity index (χ0) is 23.0. The summed E-state index contributed by atoms with van der Waals surface area (Å²) in [5, 5.41) is 8.01. The minimum atomic E-state index is -3.67. The molecular weight excluding hydrogens is 442 g/mol. The first-order valence-electron chi connectivity index (χ1n) is 10.3. The predicted molar refractivity (Wildman–Crippen MR) is 116 cm³/mol. The van der Waals surface area contributed by atoms with Crippen LogP contribution in [-0.2, 0) is 25.1 Å². The summed E-state index contributed by atoms with van der Waals surface area (Å²) in [5.41, 5.74) is -0.233. The Bertz CT molecular complexity index is 1010. The standard InChI is InChI=1S/C20H30ClN5O4S/c1-12(2)26-16(24-25-19(26)15-7-8-20(4,5)30-15)11-31(27,28)13(3)17(29-6)18-22-9-14(21)10-23-18/h9-10,12-13,15,17H,7-8,11H2,1-6H3/t13-,15-,17-/m0/s1. The van der Waals surface area contributed by atoms with Crippen LogP contribution in [0.25, 0.3) is 0 Å². The summed E-state index contributed by atoms with van der Waals surface area (Å²) in [6.07, 6.45) is 3.52. The molecule has 0 radical (unpaired) electrons. The van der Waals surface area contributed by atoms with Gasteiger partial charge in [0.15, 0.2) is 21.5 Å². The highest BCUT2D eigenvalue weighted by atomic mass is 35.5. The van der Waals surface area contributed by atoms with Gasteiger partial charge in [0.2, 0.25) is 0 Å². The Balaban J connectivity index is 1.87. The van der Waals surface area contributed by atoms with E-state index in [1.165, 1.54) is 19.5 Å². The Morgan fingerprint density at radius 2 is 1.90 bits per heavy atom. The van der Waals surface area contributed by atoms with E-state index in [9.17, 15) is 8.42 Å². The Morgan fingerprint density at radius 1 is 1.26 bits per heavy atom. The van der Waals surface area contributed by atoms with Gasteiger partial charge in [-0.3, -0.25) is 0 Å². The number of methoxy groups -OCH3 is 1. The van der Waals surface area contributed by atoms with Crippen molar-refractivity contribution in [1.82, 2.24) is 24.7 Å². The van der Waals surface area contributed by atoms with E-state index in [-0.39, 0.29) is 29.3 Å². The highest BCUT2D eigenvalue weighted by molar-refractivity contribution is 7.91. The van der Waals surface area contributed by atoms with Crippen LogP contribution in [0.15, 0.2) is 12.4 Å². The predicted octanol–water partition coefficient (Wildman–Crippen LogP) is 3.62. The van der Waals surface area contributed by atoms with Gasteiger partial charge in [0.25, 0.3) is 0 Å². The number of nitrogens with zero attached hydrogens (tertiary/aromatic N) is 5. The molecule has 0 unspecified atom stereocenters. The molecule has 2 aromatic rings. The maximum absolute atomic E-state index is 13.3. The highest BCUT2D eigenvalue weighted by Gasteiger charge is 2.38. The minimum absolute atomic E-state index is 0.0179. The third-order valence-electron chi connectivity index (χ3n) is 5.54. The zero-order valence-corrected chi connectivity index (χ0v) is 20.3. The molecular formula is C20H30ClN5O4S. The fourth-order valence-corrected chi connectivity index (χ4v) is 5.38. The third-order valence-corrected chi connectivity index (χ3v) is 7.77. The van der Waals surface area contributed by atoms with Gasteiger partial charge >= 0.3 is 0 Å². The van der Waals surface area contributed by atoms with E-state index in [2.05, 4.69) is 20.2 Å². The van der Waals surface area contributed by atoms with Gasteiger partial charge in [-0.15, -0.1) is 10.2 Å². The van der Waals surface area contributed by atoms with Crippen molar-refractivity contribution in [3.05, 3.63) is 34.9 Å². The molecule has 9 nitrogen and oxygen atoms in total. The fourth-order valence-electron chi connectivity index (χ4n) is 3.86. The van der Waals surface area contributed by atoms with E-state index in [0.717, 1.165) is 12.8 Å². The Morgan fingerprint density at radius 3 is 2.42 bits per heavy atom. The molecule has 1 aliphatic rings. The summed E-state index contributed by atoms with van der Waals surface area (Å²) < 4.78 is 40.0. The van der Waals surface area contributed by atoms with Crippen LogP contribution in [0.5, 0.6) is 0 Å². The van der Waals surface area contributed by atoms with Gasteiger partial charge in [-0.2, -0.15) is 0 Å². The number of rotatable bonds is 8. The lowest BCUT2D eigenvalue weighted by Crippen LogP contribution is -2.30. The minimum Gasteiger partial charge on any atom is -0.372 e. The van der Waals surface area contributed by atoms with Crippen molar-refractivity contribution in [2.75, 3.05) is 7.11 Å². The summed E-state index contributed by atoms with van der Waals surface area (Å²) in [7, 11) is -2.24. The topological polar surface area (TPSA) is 109 Å². The maximum atomic E-state index is 13.3. The Hall–Kier alpha value is -1.62. The van der Waals surface area contributed by atoms with Crippen LogP contribution in [0, 0.1) is 0 Å². The quantitative estimate of drug-likeness (QED) is 0.574. The third kappa shape index (κ3) is 5.24. The molecule has 11 heteroatoms. The molecule has 1 saturated heterocycles. The van der Waals surface area contributed by atoms with E-state index in [1.54, 1.807) is 6.92 Å². The summed E-state index contributed by atoms with van der Waals surface area (Å²) >= 11 is 5.84. The molecule has 3 heterocycles. The monoisotopic (exact) mass is 471 g/mol. The van der Waals surface area contributed by atoms with Crippen molar-refractivity contribution in [2.45, 2.75) is 82.3 Å². The molecule has 1 aliphatic heterocycles. The molecule has 2 aromatic heterocycles. The summed E-state index contributed by atoms with van der Waals surface area (Å²) in [6.45, 7) is 9.62. The van der Waals surface area contributed by atoms with Crippen molar-refractivity contribution in [1.29, 1.82) is 0 Å². The van der Waals surface area contributed by atoms with Crippen LogP contribution in [0.4, 0.5) is 0 Å². The van der Waals surface area contributed by atoms with Gasteiger partial charge in [0.05, 0.1) is 15.9 Å². The second-order valence-corrected chi connectivity index (χ2v) is 11.6. The van der Waals surface area contributed by atoms with Crippen LogP contribution in [-0.4, -0.2) is 51.1 Å². The summed E-state index contributed by atoms with van der Waals surface area (Å²) in [5.74, 6) is 1.04. The second-order valence-electron chi connectivity index (χ2n) is 8.77. The molecule has 0 N–H and O–H groups in total. The Kier molecular flexibility index (Phi) is 7.05. The molecule has 0 saturated carbocycles. The first-order valence-corrected chi connectivity index (χ1v) is 12.4. The van der Waals surface area contributed by atoms with Crippen molar-refractivity contribution in [2.24, 2.45) is 0 Å². The van der Waals surface area contributed by atoms with Crippen LogP contribution in [0.3, 0.4) is 0 Å². The number of ether oxygens (including phenoxy) is 2. The lowest BCUT2D eigenvalue weighted by molar-refractivity contribution is -0.0219. The number of halogens is 1. The normalized spacial score (nSPS) is 20.8. The summed E-state index contributed by atoms with van der Waals surface area (Å²) in [4.78, 5) is 8.25. The number of hydrogen-bond acceptors (Lipinski definition) is 8. The SMILES string of the molecule is CO[C@H](c1ncc(Cl)cn1)[C@H](C)S(=O)(=O)Cc1nnc([C@@H]2CCC(C)(C)O2)n1C(C)C. The van der Waals surface area contributed by atoms with E-state index < -0.39 is 21.2 Å². The lowest BCUT2D eigenvalue weighted by atomic mass is 10.1. The molecule has 0 amide bonds. The van der Waals surface area contributed by atoms with E-state index in [0.29, 0.717) is 16.7 Å². The first kappa shape index (κ1) is 24.0. The molecule has 0 spiro atoms. The van der Waals surface area contributed by atoms with Gasteiger partial charge in [0, 0.05) is 25.5 Å². The number of hydrogen-bond donors (Lipinski definition) is 0. The lowest BCUT2D eigenvalue weighted by Gasteiger charge is -2.23. The smallest absolute Gasteiger partial charge is 0.163 e. The van der Waals surface area contributed by atoms with Crippen LogP contribution < -0.4 is 0 Å². The summed E-state index contributed by atoms with van der Waals surface area (Å²) in [6, 6.07) is -0.0179. The average Bonchev–Trinajstić information content (AvgIpc) is 3.26. The van der Waals surface area contributed by atoms with Crippen molar-refractivity contribution < 1.29 is 17.9 Å². The van der Waals surface area contributed by atoms with Gasteiger partial charge in [-0.1, -0.05) is 11.6 Å². The molecule has 0 aliphatic carbocycles. The highest BCUT2D eigenvalue weighted by Crippen LogP contribution is 2.39. The number of aromatic nitrogens is 5. The van der Waals surface area contributed by atoms with E-state index in [4.69, 9.17) is 21.1 Å². The van der Waals surface area contributed by atoms with Crippen molar-refractivity contribution in [3.63, 3.8) is 0 Å². The molecule has 3 rings (SSSR count). The Labute approximate surface area is 188 Å².